The van der Waals surface area contributed by atoms with Crippen LogP contribution >= 0.6 is 22.9 Å². The molecule has 1 fully saturated rings. The van der Waals surface area contributed by atoms with Crippen LogP contribution in [0.5, 0.6) is 10.9 Å². The highest BCUT2D eigenvalue weighted by molar-refractivity contribution is 7.17. The molecule has 3 aromatic heterocycles. The van der Waals surface area contributed by atoms with Crippen LogP contribution in [0, 0.1) is 18.7 Å². The van der Waals surface area contributed by atoms with Gasteiger partial charge in [-0.2, -0.15) is 0 Å². The number of methoxy groups -OCH3 is 1. The summed E-state index contributed by atoms with van der Waals surface area (Å²) in [7, 11) is 1.38. The number of carbonyl (C=O) groups is 1. The van der Waals surface area contributed by atoms with Gasteiger partial charge in [-0.15, -0.1) is 5.10 Å². The minimum absolute atomic E-state index is 0.0169. The molecule has 1 aliphatic heterocycles. The number of ether oxygens (including phenoxy) is 3. The highest BCUT2D eigenvalue weighted by Gasteiger charge is 2.24. The molecule has 0 spiro atoms. The van der Waals surface area contributed by atoms with Gasteiger partial charge in [0.15, 0.2) is 11.0 Å². The fourth-order valence-corrected chi connectivity index (χ4v) is 3.93. The number of amides is 1. The average Bonchev–Trinajstić information content (AvgIpc) is 3.46. The number of aromatic nitrogens is 4. The van der Waals surface area contributed by atoms with Gasteiger partial charge in [-0.3, -0.25) is 15.1 Å². The fraction of sp³-hybridized carbons (Fsp3) is 0.350. The number of carbonyl (C=O) groups excluding carboxylic acids is 1. The zero-order valence-corrected chi connectivity index (χ0v) is 18.8. The van der Waals surface area contributed by atoms with Gasteiger partial charge in [-0.05, 0) is 30.7 Å². The Balaban J connectivity index is 1.57. The smallest absolute Gasteiger partial charge is 0.295 e. The molecule has 1 amide bonds. The molecule has 0 aliphatic carbocycles. The van der Waals surface area contributed by atoms with Gasteiger partial charge in [-0.25, -0.2) is 9.37 Å². The average molecular weight is 480 g/mol. The van der Waals surface area contributed by atoms with E-state index in [0.29, 0.717) is 30.0 Å². The molecule has 4 rings (SSSR count). The summed E-state index contributed by atoms with van der Waals surface area (Å²) < 4.78 is 31.1. The number of aryl methyl sites for hydroxylation is 1. The quantitative estimate of drug-likeness (QED) is 0.510. The Morgan fingerprint density at radius 2 is 2.22 bits per heavy atom. The molecule has 1 N–H and O–H groups in total. The van der Waals surface area contributed by atoms with Crippen LogP contribution in [-0.4, -0.2) is 53.0 Å². The van der Waals surface area contributed by atoms with Gasteiger partial charge < -0.3 is 14.2 Å². The topological polar surface area (TPSA) is 108 Å². The summed E-state index contributed by atoms with van der Waals surface area (Å²) in [6, 6.07) is 1.57. The van der Waals surface area contributed by atoms with Crippen LogP contribution in [0.25, 0.3) is 11.1 Å². The number of pyridine rings is 2. The first-order valence-electron chi connectivity index (χ1n) is 9.66. The van der Waals surface area contributed by atoms with Gasteiger partial charge in [0.1, 0.15) is 5.75 Å². The summed E-state index contributed by atoms with van der Waals surface area (Å²) in [5.41, 5.74) is 0.961. The zero-order valence-electron chi connectivity index (χ0n) is 17.2. The number of rotatable bonds is 7. The molecule has 4 heterocycles. The van der Waals surface area contributed by atoms with Crippen LogP contribution in [0.3, 0.4) is 0 Å². The molecule has 9 nitrogen and oxygen atoms in total. The number of nitrogens with zero attached hydrogens (tertiary/aromatic N) is 4. The molecule has 1 aliphatic rings. The monoisotopic (exact) mass is 479 g/mol. The summed E-state index contributed by atoms with van der Waals surface area (Å²) in [6.45, 7) is 3.58. The lowest BCUT2D eigenvalue weighted by Gasteiger charge is -2.14. The van der Waals surface area contributed by atoms with E-state index in [0.717, 1.165) is 24.4 Å². The molecule has 32 heavy (non-hydrogen) atoms. The molecule has 0 aromatic carbocycles. The summed E-state index contributed by atoms with van der Waals surface area (Å²) in [5, 5.41) is 10.8. The third-order valence-corrected chi connectivity index (χ3v) is 5.82. The van der Waals surface area contributed by atoms with Crippen LogP contribution < -0.4 is 14.8 Å². The number of anilines is 1. The molecule has 3 aromatic rings. The van der Waals surface area contributed by atoms with E-state index in [1.165, 1.54) is 19.5 Å². The third-order valence-electron chi connectivity index (χ3n) is 4.81. The van der Waals surface area contributed by atoms with E-state index < -0.39 is 11.7 Å². The van der Waals surface area contributed by atoms with Crippen molar-refractivity contribution in [3.8, 4) is 22.1 Å². The maximum absolute atomic E-state index is 14.9. The number of halogens is 2. The molecule has 0 unspecified atom stereocenters. The SMILES string of the molecule is COc1cnc(Cl)c(F)c1-c1cc(C)ncc1C(=O)Nc1nnc(OC[C@H]2CCOC2)s1. The van der Waals surface area contributed by atoms with E-state index in [9.17, 15) is 9.18 Å². The van der Waals surface area contributed by atoms with Crippen molar-refractivity contribution in [3.63, 3.8) is 0 Å². The van der Waals surface area contributed by atoms with Gasteiger partial charge >= 0.3 is 0 Å². The molecule has 0 saturated carbocycles. The van der Waals surface area contributed by atoms with Crippen molar-refractivity contribution in [2.75, 3.05) is 32.2 Å². The third kappa shape index (κ3) is 4.79. The number of hydrogen-bond donors (Lipinski definition) is 1. The van der Waals surface area contributed by atoms with E-state index in [4.69, 9.17) is 25.8 Å². The van der Waals surface area contributed by atoms with E-state index in [2.05, 4.69) is 25.5 Å². The molecule has 1 saturated heterocycles. The first-order valence-corrected chi connectivity index (χ1v) is 10.9. The lowest BCUT2D eigenvalue weighted by atomic mass is 10.00. The van der Waals surface area contributed by atoms with Crippen LogP contribution in [0.15, 0.2) is 18.5 Å². The minimum Gasteiger partial charge on any atom is -0.494 e. The summed E-state index contributed by atoms with van der Waals surface area (Å²) in [5.74, 6) is -0.897. The van der Waals surface area contributed by atoms with Crippen molar-refractivity contribution < 1.29 is 23.4 Å². The van der Waals surface area contributed by atoms with Crippen molar-refractivity contribution in [2.45, 2.75) is 13.3 Å². The van der Waals surface area contributed by atoms with Crippen molar-refractivity contribution >= 4 is 34.0 Å². The molecule has 1 atom stereocenters. The van der Waals surface area contributed by atoms with E-state index in [1.807, 2.05) is 0 Å². The summed E-state index contributed by atoms with van der Waals surface area (Å²) in [4.78, 5) is 20.9. The highest BCUT2D eigenvalue weighted by Crippen LogP contribution is 2.37. The Bertz CT molecular complexity index is 1140. The van der Waals surface area contributed by atoms with Gasteiger partial charge in [0.2, 0.25) is 5.13 Å². The second kappa shape index (κ2) is 9.72. The highest BCUT2D eigenvalue weighted by atomic mass is 35.5. The van der Waals surface area contributed by atoms with Crippen LogP contribution in [0.4, 0.5) is 9.52 Å². The lowest BCUT2D eigenvalue weighted by molar-refractivity contribution is 0.102. The summed E-state index contributed by atoms with van der Waals surface area (Å²) >= 11 is 6.97. The first kappa shape index (κ1) is 22.3. The van der Waals surface area contributed by atoms with E-state index >= 15 is 0 Å². The van der Waals surface area contributed by atoms with Gasteiger partial charge in [0.25, 0.3) is 11.1 Å². The molecular formula is C20H19ClFN5O4S. The van der Waals surface area contributed by atoms with Crippen molar-refractivity contribution in [1.82, 2.24) is 20.2 Å². The lowest BCUT2D eigenvalue weighted by Crippen LogP contribution is -2.14. The van der Waals surface area contributed by atoms with Gasteiger partial charge in [-0.1, -0.05) is 16.7 Å². The second-order valence-electron chi connectivity index (χ2n) is 7.05. The molecule has 0 bridgehead atoms. The summed E-state index contributed by atoms with van der Waals surface area (Å²) in [6.07, 6.45) is 3.58. The van der Waals surface area contributed by atoms with Crippen molar-refractivity contribution in [1.29, 1.82) is 0 Å². The van der Waals surface area contributed by atoms with Gasteiger partial charge in [0, 0.05) is 30.0 Å². The molecule has 12 heteroatoms. The van der Waals surface area contributed by atoms with E-state index in [1.54, 1.807) is 13.0 Å². The van der Waals surface area contributed by atoms with Crippen LogP contribution in [-0.2, 0) is 4.74 Å². The van der Waals surface area contributed by atoms with E-state index in [-0.39, 0.29) is 32.7 Å². The second-order valence-corrected chi connectivity index (χ2v) is 8.34. The number of hydrogen-bond acceptors (Lipinski definition) is 9. The number of nitrogens with one attached hydrogen (secondary N) is 1. The molecule has 168 valence electrons. The molecule has 0 radical (unpaired) electrons. The minimum atomic E-state index is -0.798. The van der Waals surface area contributed by atoms with Crippen LogP contribution in [0.1, 0.15) is 22.5 Å². The Morgan fingerprint density at radius 1 is 1.38 bits per heavy atom. The Hall–Kier alpha value is -2.89. The Morgan fingerprint density at radius 3 is 2.97 bits per heavy atom. The predicted molar refractivity (Wildman–Crippen MR) is 116 cm³/mol. The van der Waals surface area contributed by atoms with Gasteiger partial charge in [0.05, 0.1) is 37.6 Å². The standard InChI is InChI=1S/C20H19ClFN5O4S/c1-10-5-12(15-14(29-2)7-24-17(21)16(15)22)13(6-23-10)18(28)25-19-26-27-20(32-19)31-9-11-3-4-30-8-11/h5-7,11H,3-4,8-9H2,1-2H3,(H,25,26,28)/t11-/m0/s1. The first-order chi connectivity index (χ1) is 15.5. The Labute approximate surface area is 191 Å². The predicted octanol–water partition coefficient (Wildman–Crippen LogP) is 3.77. The maximum Gasteiger partial charge on any atom is 0.295 e. The maximum atomic E-state index is 14.9. The fourth-order valence-electron chi connectivity index (χ4n) is 3.19. The van der Waals surface area contributed by atoms with Crippen molar-refractivity contribution in [3.05, 3.63) is 40.7 Å². The van der Waals surface area contributed by atoms with Crippen LogP contribution in [0.2, 0.25) is 5.15 Å². The Kier molecular flexibility index (Phi) is 6.77. The van der Waals surface area contributed by atoms with Crippen molar-refractivity contribution in [2.24, 2.45) is 5.92 Å². The molecular weight excluding hydrogens is 461 g/mol. The zero-order chi connectivity index (χ0) is 22.7. The largest absolute Gasteiger partial charge is 0.494 e. The normalized spacial score (nSPS) is 15.6.